The number of amidine groups is 1. The Kier molecular flexibility index (Phi) is 3.97. The van der Waals surface area contributed by atoms with Crippen LogP contribution < -0.4 is 4.74 Å². The topological polar surface area (TPSA) is 62.1 Å². The van der Waals surface area contributed by atoms with Crippen LogP contribution in [0.25, 0.3) is 6.08 Å². The summed E-state index contributed by atoms with van der Waals surface area (Å²) in [6, 6.07) is 7.42. The van der Waals surface area contributed by atoms with Crippen LogP contribution in [-0.2, 0) is 4.79 Å². The van der Waals surface area contributed by atoms with E-state index in [0.29, 0.717) is 17.3 Å². The quantitative estimate of drug-likeness (QED) is 0.830. The number of nitrogens with zero attached hydrogens (tertiary/aromatic N) is 2. The van der Waals surface area contributed by atoms with Crippen molar-refractivity contribution in [2.75, 3.05) is 20.3 Å². The highest BCUT2D eigenvalue weighted by atomic mass is 16.5. The van der Waals surface area contributed by atoms with E-state index in [0.717, 1.165) is 5.56 Å². The van der Waals surface area contributed by atoms with E-state index in [2.05, 4.69) is 4.99 Å². The lowest BCUT2D eigenvalue weighted by Crippen LogP contribution is -2.32. The summed E-state index contributed by atoms with van der Waals surface area (Å²) in [7, 11) is 1.58. The lowest BCUT2D eigenvalue weighted by molar-refractivity contribution is -0.123. The van der Waals surface area contributed by atoms with E-state index < -0.39 is 0 Å². The Hall–Kier alpha value is -2.14. The van der Waals surface area contributed by atoms with Gasteiger partial charge in [0.05, 0.1) is 20.3 Å². The molecule has 5 heteroatoms. The second kappa shape index (κ2) is 5.67. The Morgan fingerprint density at radius 3 is 2.84 bits per heavy atom. The van der Waals surface area contributed by atoms with E-state index in [1.807, 2.05) is 24.3 Å². The molecule has 1 aliphatic heterocycles. The SMILES string of the molecule is COc1ccccc1/C=C1\N=C(C)N(CCO)C1=O. The zero-order chi connectivity index (χ0) is 13.8. The lowest BCUT2D eigenvalue weighted by Gasteiger charge is -2.13. The first-order chi connectivity index (χ1) is 9.17. The van der Waals surface area contributed by atoms with E-state index in [9.17, 15) is 4.79 Å². The number of rotatable bonds is 4. The molecule has 0 radical (unpaired) electrons. The van der Waals surface area contributed by atoms with Crippen LogP contribution in [0.15, 0.2) is 35.0 Å². The molecule has 1 heterocycles. The van der Waals surface area contributed by atoms with Gasteiger partial charge in [0.25, 0.3) is 5.91 Å². The number of hydrogen-bond donors (Lipinski definition) is 1. The maximum absolute atomic E-state index is 12.1. The summed E-state index contributed by atoms with van der Waals surface area (Å²) in [5, 5.41) is 8.93. The molecule has 0 saturated carbocycles. The molecule has 0 atom stereocenters. The van der Waals surface area contributed by atoms with Crippen molar-refractivity contribution in [3.63, 3.8) is 0 Å². The zero-order valence-corrected chi connectivity index (χ0v) is 11.0. The van der Waals surface area contributed by atoms with Crippen molar-refractivity contribution in [1.29, 1.82) is 0 Å². The van der Waals surface area contributed by atoms with Gasteiger partial charge in [-0.3, -0.25) is 9.69 Å². The molecule has 0 saturated heterocycles. The normalized spacial score (nSPS) is 17.0. The Bertz CT molecular complexity index is 549. The lowest BCUT2D eigenvalue weighted by atomic mass is 10.1. The van der Waals surface area contributed by atoms with E-state index in [1.165, 1.54) is 4.90 Å². The van der Waals surface area contributed by atoms with Crippen molar-refractivity contribution >= 4 is 17.8 Å². The molecule has 1 amide bonds. The third-order valence-corrected chi connectivity index (χ3v) is 2.89. The third-order valence-electron chi connectivity index (χ3n) is 2.89. The van der Waals surface area contributed by atoms with Crippen LogP contribution in [0, 0.1) is 0 Å². The molecule has 0 fully saturated rings. The number of aliphatic hydroxyl groups is 1. The Morgan fingerprint density at radius 1 is 1.42 bits per heavy atom. The molecule has 0 spiro atoms. The van der Waals surface area contributed by atoms with Crippen LogP contribution in [0.4, 0.5) is 0 Å². The third kappa shape index (κ3) is 2.66. The molecule has 0 aromatic heterocycles. The molecule has 5 nitrogen and oxygen atoms in total. The van der Waals surface area contributed by atoms with Gasteiger partial charge in [-0.1, -0.05) is 18.2 Å². The highest BCUT2D eigenvalue weighted by Crippen LogP contribution is 2.23. The monoisotopic (exact) mass is 260 g/mol. The second-order valence-electron chi connectivity index (χ2n) is 4.11. The van der Waals surface area contributed by atoms with Crippen LogP contribution in [0.2, 0.25) is 0 Å². The molecular weight excluding hydrogens is 244 g/mol. The number of aliphatic hydroxyl groups excluding tert-OH is 1. The Morgan fingerprint density at radius 2 is 2.16 bits per heavy atom. The Balaban J connectivity index is 2.33. The second-order valence-corrected chi connectivity index (χ2v) is 4.11. The van der Waals surface area contributed by atoms with Crippen molar-refractivity contribution in [2.45, 2.75) is 6.92 Å². The van der Waals surface area contributed by atoms with Crippen molar-refractivity contribution < 1.29 is 14.6 Å². The van der Waals surface area contributed by atoms with E-state index in [4.69, 9.17) is 9.84 Å². The maximum Gasteiger partial charge on any atom is 0.277 e. The highest BCUT2D eigenvalue weighted by molar-refractivity contribution is 6.13. The smallest absolute Gasteiger partial charge is 0.277 e. The van der Waals surface area contributed by atoms with Crippen molar-refractivity contribution in [1.82, 2.24) is 4.90 Å². The summed E-state index contributed by atoms with van der Waals surface area (Å²) in [4.78, 5) is 17.8. The van der Waals surface area contributed by atoms with Crippen molar-refractivity contribution in [3.05, 3.63) is 35.5 Å². The number of hydrogen-bond acceptors (Lipinski definition) is 4. The minimum absolute atomic E-state index is 0.0828. The molecule has 0 unspecified atom stereocenters. The molecule has 19 heavy (non-hydrogen) atoms. The fraction of sp³-hybridized carbons (Fsp3) is 0.286. The summed E-state index contributed by atoms with van der Waals surface area (Å²) in [6.45, 7) is 1.93. The van der Waals surface area contributed by atoms with Gasteiger partial charge in [-0.2, -0.15) is 0 Å². The number of aliphatic imine (C=N–C) groups is 1. The first-order valence-corrected chi connectivity index (χ1v) is 6.00. The van der Waals surface area contributed by atoms with Gasteiger partial charge >= 0.3 is 0 Å². The van der Waals surface area contributed by atoms with E-state index in [-0.39, 0.29) is 19.1 Å². The number of amides is 1. The van der Waals surface area contributed by atoms with Crippen LogP contribution in [0.5, 0.6) is 5.75 Å². The van der Waals surface area contributed by atoms with Crippen LogP contribution >= 0.6 is 0 Å². The fourth-order valence-corrected chi connectivity index (χ4v) is 1.96. The minimum atomic E-state index is -0.197. The predicted octanol–water partition coefficient (Wildman–Crippen LogP) is 1.29. The number of ether oxygens (including phenoxy) is 1. The molecule has 1 N–H and O–H groups in total. The molecule has 0 bridgehead atoms. The summed E-state index contributed by atoms with van der Waals surface area (Å²) in [6.07, 6.45) is 1.70. The number of β-amino-alcohol motifs (C(OH)–C–C–N with tert-alkyl or cyclic N) is 1. The largest absolute Gasteiger partial charge is 0.496 e. The van der Waals surface area contributed by atoms with E-state index in [1.54, 1.807) is 20.1 Å². The number of benzene rings is 1. The minimum Gasteiger partial charge on any atom is -0.496 e. The number of carbonyl (C=O) groups is 1. The van der Waals surface area contributed by atoms with Crippen LogP contribution in [-0.4, -0.2) is 42.0 Å². The van der Waals surface area contributed by atoms with Gasteiger partial charge in [-0.25, -0.2) is 4.99 Å². The molecule has 100 valence electrons. The molecule has 1 aliphatic rings. The average molecular weight is 260 g/mol. The average Bonchev–Trinajstić information content (AvgIpc) is 2.67. The molecule has 1 aromatic carbocycles. The standard InChI is InChI=1S/C14H16N2O3/c1-10-15-12(14(18)16(10)7-8-17)9-11-5-3-4-6-13(11)19-2/h3-6,9,17H,7-8H2,1-2H3/b12-9-. The Labute approximate surface area is 111 Å². The number of methoxy groups -OCH3 is 1. The van der Waals surface area contributed by atoms with Gasteiger partial charge in [0, 0.05) is 5.56 Å². The maximum atomic E-state index is 12.1. The van der Waals surface area contributed by atoms with Crippen LogP contribution in [0.1, 0.15) is 12.5 Å². The number of carbonyl (C=O) groups excluding carboxylic acids is 1. The van der Waals surface area contributed by atoms with Crippen LogP contribution in [0.3, 0.4) is 0 Å². The fourth-order valence-electron chi connectivity index (χ4n) is 1.96. The van der Waals surface area contributed by atoms with Gasteiger partial charge in [0.15, 0.2) is 0 Å². The highest BCUT2D eigenvalue weighted by Gasteiger charge is 2.26. The van der Waals surface area contributed by atoms with Gasteiger partial charge < -0.3 is 9.84 Å². The van der Waals surface area contributed by atoms with Gasteiger partial charge in [0.2, 0.25) is 0 Å². The first-order valence-electron chi connectivity index (χ1n) is 6.00. The predicted molar refractivity (Wildman–Crippen MR) is 72.9 cm³/mol. The summed E-state index contributed by atoms with van der Waals surface area (Å²) >= 11 is 0. The zero-order valence-electron chi connectivity index (χ0n) is 11.0. The first kappa shape index (κ1) is 13.3. The molecule has 0 aliphatic carbocycles. The summed E-state index contributed by atoms with van der Waals surface area (Å²) in [5.41, 5.74) is 1.16. The van der Waals surface area contributed by atoms with E-state index >= 15 is 0 Å². The molecule has 2 rings (SSSR count). The summed E-state index contributed by atoms with van der Waals surface area (Å²) in [5.74, 6) is 1.09. The van der Waals surface area contributed by atoms with Gasteiger partial charge in [-0.15, -0.1) is 0 Å². The van der Waals surface area contributed by atoms with Gasteiger partial charge in [-0.05, 0) is 19.1 Å². The number of para-hydroxylation sites is 1. The summed E-state index contributed by atoms with van der Waals surface area (Å²) < 4.78 is 5.23. The van der Waals surface area contributed by atoms with Crippen molar-refractivity contribution in [2.24, 2.45) is 4.99 Å². The van der Waals surface area contributed by atoms with Crippen molar-refractivity contribution in [3.8, 4) is 5.75 Å². The molecule has 1 aromatic rings. The van der Waals surface area contributed by atoms with Gasteiger partial charge in [0.1, 0.15) is 17.3 Å². The molecular formula is C14H16N2O3.